The Morgan fingerprint density at radius 3 is 2.71 bits per heavy atom. The molecule has 1 aromatic heterocycles. The van der Waals surface area contributed by atoms with Crippen LogP contribution in [0.1, 0.15) is 10.7 Å². The number of carbonyl (C=O) groups is 1. The minimum atomic E-state index is -3.90. The SMILES string of the molecule is Cc1csc(CC(=O)NNS(=O)(=O)c2ccccc2Cl)n1. The van der Waals surface area contributed by atoms with Gasteiger partial charge in [0, 0.05) is 11.1 Å². The van der Waals surface area contributed by atoms with Gasteiger partial charge in [-0.15, -0.1) is 16.2 Å². The number of carbonyl (C=O) groups excluding carboxylic acids is 1. The van der Waals surface area contributed by atoms with Gasteiger partial charge in [0.1, 0.15) is 9.90 Å². The van der Waals surface area contributed by atoms with E-state index in [-0.39, 0.29) is 16.3 Å². The molecule has 6 nitrogen and oxygen atoms in total. The summed E-state index contributed by atoms with van der Waals surface area (Å²) < 4.78 is 24.0. The Labute approximate surface area is 131 Å². The summed E-state index contributed by atoms with van der Waals surface area (Å²) in [5.74, 6) is -0.500. The Morgan fingerprint density at radius 1 is 1.38 bits per heavy atom. The summed E-state index contributed by atoms with van der Waals surface area (Å²) in [7, 11) is -3.90. The van der Waals surface area contributed by atoms with Crippen LogP contribution in [0.3, 0.4) is 0 Å². The molecule has 9 heteroatoms. The quantitative estimate of drug-likeness (QED) is 0.807. The first-order valence-corrected chi connectivity index (χ1v) is 8.59. The zero-order chi connectivity index (χ0) is 15.5. The second-order valence-corrected chi connectivity index (χ2v) is 7.14. The van der Waals surface area contributed by atoms with E-state index in [1.54, 1.807) is 12.1 Å². The molecule has 0 spiro atoms. The molecular weight excluding hydrogens is 334 g/mol. The Hall–Kier alpha value is -1.48. The zero-order valence-electron chi connectivity index (χ0n) is 11.0. The van der Waals surface area contributed by atoms with Crippen LogP contribution < -0.4 is 10.3 Å². The van der Waals surface area contributed by atoms with Crippen LogP contribution in [-0.2, 0) is 21.2 Å². The van der Waals surface area contributed by atoms with Crippen molar-refractivity contribution in [1.82, 2.24) is 15.2 Å². The topological polar surface area (TPSA) is 88.2 Å². The van der Waals surface area contributed by atoms with Gasteiger partial charge < -0.3 is 0 Å². The molecule has 0 aliphatic heterocycles. The fourth-order valence-corrected chi connectivity index (χ4v) is 3.66. The Bertz CT molecular complexity index is 759. The second-order valence-electron chi connectivity index (χ2n) is 4.14. The molecule has 0 saturated heterocycles. The number of hydrogen-bond donors (Lipinski definition) is 2. The highest BCUT2D eigenvalue weighted by molar-refractivity contribution is 7.89. The van der Waals surface area contributed by atoms with E-state index in [2.05, 4.69) is 10.4 Å². The van der Waals surface area contributed by atoms with E-state index < -0.39 is 15.9 Å². The summed E-state index contributed by atoms with van der Waals surface area (Å²) in [5, 5.41) is 2.51. The number of aryl methyl sites for hydroxylation is 1. The van der Waals surface area contributed by atoms with Crippen molar-refractivity contribution in [2.45, 2.75) is 18.2 Å². The molecule has 1 amide bonds. The first-order valence-electron chi connectivity index (χ1n) is 5.84. The van der Waals surface area contributed by atoms with E-state index in [1.165, 1.54) is 23.5 Å². The maximum absolute atomic E-state index is 12.0. The van der Waals surface area contributed by atoms with Gasteiger partial charge in [-0.1, -0.05) is 23.7 Å². The highest BCUT2D eigenvalue weighted by Gasteiger charge is 2.18. The number of nitrogens with one attached hydrogen (secondary N) is 2. The number of rotatable bonds is 5. The fraction of sp³-hybridized carbons (Fsp3) is 0.167. The Morgan fingerprint density at radius 2 is 2.10 bits per heavy atom. The van der Waals surface area contributed by atoms with Gasteiger partial charge in [0.25, 0.3) is 10.0 Å². The van der Waals surface area contributed by atoms with Crippen LogP contribution >= 0.6 is 22.9 Å². The Kier molecular flexibility index (Phi) is 4.94. The number of nitrogens with zero attached hydrogens (tertiary/aromatic N) is 1. The molecule has 1 heterocycles. The molecule has 1 aromatic carbocycles. The van der Waals surface area contributed by atoms with E-state index in [9.17, 15) is 13.2 Å². The third kappa shape index (κ3) is 4.24. The van der Waals surface area contributed by atoms with Gasteiger partial charge in [-0.05, 0) is 19.1 Å². The van der Waals surface area contributed by atoms with Gasteiger partial charge in [-0.3, -0.25) is 10.2 Å². The molecule has 0 aliphatic carbocycles. The third-order valence-corrected chi connectivity index (χ3v) is 5.14. The lowest BCUT2D eigenvalue weighted by atomic mass is 10.4. The number of amides is 1. The van der Waals surface area contributed by atoms with Crippen molar-refractivity contribution in [3.63, 3.8) is 0 Å². The molecule has 2 aromatic rings. The minimum absolute atomic E-state index is 0.00352. The zero-order valence-corrected chi connectivity index (χ0v) is 13.3. The molecule has 0 saturated carbocycles. The van der Waals surface area contributed by atoms with Gasteiger partial charge in [-0.25, -0.2) is 13.4 Å². The van der Waals surface area contributed by atoms with Crippen molar-refractivity contribution in [2.75, 3.05) is 0 Å². The number of thiazole rings is 1. The van der Waals surface area contributed by atoms with Gasteiger partial charge in [0.15, 0.2) is 0 Å². The molecule has 0 bridgehead atoms. The average molecular weight is 346 g/mol. The van der Waals surface area contributed by atoms with Crippen LogP contribution in [0.5, 0.6) is 0 Å². The predicted molar refractivity (Wildman–Crippen MR) is 80.5 cm³/mol. The lowest BCUT2D eigenvalue weighted by Crippen LogP contribution is -2.42. The van der Waals surface area contributed by atoms with Gasteiger partial charge in [-0.2, -0.15) is 0 Å². The van der Waals surface area contributed by atoms with Crippen LogP contribution in [0.25, 0.3) is 0 Å². The van der Waals surface area contributed by atoms with Crippen molar-refractivity contribution in [3.05, 3.63) is 45.4 Å². The number of halogens is 1. The molecule has 112 valence electrons. The van der Waals surface area contributed by atoms with Crippen LogP contribution in [0.2, 0.25) is 5.02 Å². The number of hydrogen-bond acceptors (Lipinski definition) is 5. The maximum Gasteiger partial charge on any atom is 0.258 e. The lowest BCUT2D eigenvalue weighted by molar-refractivity contribution is -0.120. The summed E-state index contributed by atoms with van der Waals surface area (Å²) in [5.41, 5.74) is 2.96. The lowest BCUT2D eigenvalue weighted by Gasteiger charge is -2.08. The van der Waals surface area contributed by atoms with Crippen LogP contribution in [0, 0.1) is 6.92 Å². The molecule has 0 atom stereocenters. The number of sulfonamides is 1. The van der Waals surface area contributed by atoms with Crippen molar-refractivity contribution in [2.24, 2.45) is 0 Å². The molecular formula is C12H12ClN3O3S2. The summed E-state index contributed by atoms with van der Waals surface area (Å²) >= 11 is 7.16. The van der Waals surface area contributed by atoms with Crippen molar-refractivity contribution >= 4 is 38.9 Å². The molecule has 21 heavy (non-hydrogen) atoms. The summed E-state index contributed by atoms with van der Waals surface area (Å²) in [6.45, 7) is 1.82. The number of aromatic nitrogens is 1. The molecule has 0 aliphatic rings. The van der Waals surface area contributed by atoms with Crippen LogP contribution in [0.15, 0.2) is 34.5 Å². The second kappa shape index (κ2) is 6.52. The van der Waals surface area contributed by atoms with Crippen LogP contribution in [0.4, 0.5) is 0 Å². The third-order valence-electron chi connectivity index (χ3n) is 2.43. The van der Waals surface area contributed by atoms with Crippen molar-refractivity contribution < 1.29 is 13.2 Å². The molecule has 0 unspecified atom stereocenters. The fourth-order valence-electron chi connectivity index (χ4n) is 1.51. The smallest absolute Gasteiger partial charge is 0.258 e. The number of benzene rings is 1. The van der Waals surface area contributed by atoms with Crippen molar-refractivity contribution in [3.8, 4) is 0 Å². The first-order chi connectivity index (χ1) is 9.88. The minimum Gasteiger partial charge on any atom is -0.277 e. The Balaban J connectivity index is 1.99. The van der Waals surface area contributed by atoms with Gasteiger partial charge in [0.2, 0.25) is 5.91 Å². The van der Waals surface area contributed by atoms with E-state index in [4.69, 9.17) is 11.6 Å². The summed E-state index contributed by atoms with van der Waals surface area (Å²) in [6.07, 6.45) is 0.00352. The maximum atomic E-state index is 12.0. The molecule has 0 fully saturated rings. The summed E-state index contributed by atoms with van der Waals surface area (Å²) in [4.78, 5) is 17.7. The average Bonchev–Trinajstić information content (AvgIpc) is 2.82. The normalized spacial score (nSPS) is 11.3. The largest absolute Gasteiger partial charge is 0.277 e. The van der Waals surface area contributed by atoms with Gasteiger partial charge >= 0.3 is 0 Å². The monoisotopic (exact) mass is 345 g/mol. The van der Waals surface area contributed by atoms with E-state index >= 15 is 0 Å². The van der Waals surface area contributed by atoms with Gasteiger partial charge in [0.05, 0.1) is 11.4 Å². The molecule has 2 N–H and O–H groups in total. The first kappa shape index (κ1) is 15.9. The number of hydrazine groups is 1. The van der Waals surface area contributed by atoms with Crippen molar-refractivity contribution in [1.29, 1.82) is 0 Å². The predicted octanol–water partition coefficient (Wildman–Crippen LogP) is 1.66. The molecule has 2 rings (SSSR count). The highest BCUT2D eigenvalue weighted by Crippen LogP contribution is 2.19. The van der Waals surface area contributed by atoms with E-state index in [0.717, 1.165) is 5.69 Å². The van der Waals surface area contributed by atoms with E-state index in [1.807, 2.05) is 17.1 Å². The molecule has 0 radical (unpaired) electrons. The highest BCUT2D eigenvalue weighted by atomic mass is 35.5. The summed E-state index contributed by atoms with van der Waals surface area (Å²) in [6, 6.07) is 5.96. The van der Waals surface area contributed by atoms with Crippen LogP contribution in [-0.4, -0.2) is 19.3 Å². The standard InChI is InChI=1S/C12H12ClN3O3S2/c1-8-7-20-12(14-8)6-11(17)15-16-21(18,19)10-5-3-2-4-9(10)13/h2-5,7,16H,6H2,1H3,(H,15,17). The van der Waals surface area contributed by atoms with E-state index in [0.29, 0.717) is 5.01 Å².